The van der Waals surface area contributed by atoms with Crippen molar-refractivity contribution in [3.63, 3.8) is 0 Å². The Morgan fingerprint density at radius 3 is 1.86 bits per heavy atom. The standard InChI is InChI=1S/C26H36N2/c1-16(2)23-11-10-12-24(17(3)4)26(23)28-22(9)15-21(8)27-25-19(6)13-18(5)14-20(25)7/h10-17,28H,1-9H3. The lowest BCUT2D eigenvalue weighted by Crippen LogP contribution is -2.07. The molecular weight excluding hydrogens is 340 g/mol. The number of benzene rings is 2. The van der Waals surface area contributed by atoms with E-state index in [2.05, 4.69) is 104 Å². The van der Waals surface area contributed by atoms with E-state index in [1.807, 2.05) is 0 Å². The maximum atomic E-state index is 4.90. The first-order valence-electron chi connectivity index (χ1n) is 10.3. The molecule has 0 heterocycles. The Bertz CT molecular complexity index is 849. The summed E-state index contributed by atoms with van der Waals surface area (Å²) in [6.07, 6.45) is 2.14. The SMILES string of the molecule is CC(=CC(C)=Nc1c(C)cc(C)cc1C)Nc1c(C(C)C)cccc1C(C)C. The van der Waals surface area contributed by atoms with Gasteiger partial charge >= 0.3 is 0 Å². The quantitative estimate of drug-likeness (QED) is 0.508. The molecule has 2 heteroatoms. The third-order valence-corrected chi connectivity index (χ3v) is 5.04. The second-order valence-corrected chi connectivity index (χ2v) is 8.57. The maximum absolute atomic E-state index is 4.90. The molecule has 0 radical (unpaired) electrons. The first kappa shape index (κ1) is 21.9. The third kappa shape index (κ3) is 5.34. The van der Waals surface area contributed by atoms with Crippen LogP contribution >= 0.6 is 0 Å². The molecule has 2 nitrogen and oxygen atoms in total. The lowest BCUT2D eigenvalue weighted by atomic mass is 9.92. The molecule has 150 valence electrons. The predicted octanol–water partition coefficient (Wildman–Crippen LogP) is 7.97. The number of anilines is 1. The Balaban J connectivity index is 2.38. The van der Waals surface area contributed by atoms with Crippen LogP contribution in [0.3, 0.4) is 0 Å². The van der Waals surface area contributed by atoms with Crippen molar-refractivity contribution in [1.29, 1.82) is 0 Å². The fraction of sp³-hybridized carbons (Fsp3) is 0.423. The molecule has 0 saturated carbocycles. The summed E-state index contributed by atoms with van der Waals surface area (Å²) in [4.78, 5) is 4.90. The Morgan fingerprint density at radius 2 is 1.39 bits per heavy atom. The van der Waals surface area contributed by atoms with Gasteiger partial charge in [-0.2, -0.15) is 0 Å². The minimum atomic E-state index is 0.474. The van der Waals surface area contributed by atoms with Gasteiger partial charge in [0, 0.05) is 17.1 Å². The van der Waals surface area contributed by atoms with E-state index in [9.17, 15) is 0 Å². The van der Waals surface area contributed by atoms with E-state index in [0.29, 0.717) is 11.8 Å². The van der Waals surface area contributed by atoms with Crippen LogP contribution in [-0.2, 0) is 0 Å². The van der Waals surface area contributed by atoms with Crippen LogP contribution in [0.25, 0.3) is 0 Å². The molecule has 1 N–H and O–H groups in total. The monoisotopic (exact) mass is 376 g/mol. The summed E-state index contributed by atoms with van der Waals surface area (Å²) in [7, 11) is 0. The minimum absolute atomic E-state index is 0.474. The molecule has 0 aliphatic rings. The van der Waals surface area contributed by atoms with E-state index in [4.69, 9.17) is 4.99 Å². The van der Waals surface area contributed by atoms with Crippen molar-refractivity contribution >= 4 is 17.1 Å². The topological polar surface area (TPSA) is 24.4 Å². The Morgan fingerprint density at radius 1 is 0.893 bits per heavy atom. The van der Waals surface area contributed by atoms with Gasteiger partial charge in [0.25, 0.3) is 0 Å². The van der Waals surface area contributed by atoms with Crippen LogP contribution in [0.15, 0.2) is 47.1 Å². The Hall–Kier alpha value is -2.35. The number of aliphatic imine (C=N–C) groups is 1. The highest BCUT2D eigenvalue weighted by atomic mass is 14.9. The van der Waals surface area contributed by atoms with Crippen molar-refractivity contribution in [3.8, 4) is 0 Å². The largest absolute Gasteiger partial charge is 0.359 e. The zero-order valence-corrected chi connectivity index (χ0v) is 19.1. The average molecular weight is 377 g/mol. The summed E-state index contributed by atoms with van der Waals surface area (Å²) >= 11 is 0. The summed E-state index contributed by atoms with van der Waals surface area (Å²) in [6.45, 7) is 19.6. The second kappa shape index (κ2) is 9.23. The number of nitrogens with zero attached hydrogens (tertiary/aromatic N) is 1. The Labute approximate surface area is 171 Å². The van der Waals surface area contributed by atoms with Crippen LogP contribution in [0.1, 0.15) is 81.2 Å². The van der Waals surface area contributed by atoms with E-state index in [1.54, 1.807) is 0 Å². The molecule has 0 spiro atoms. The number of para-hydroxylation sites is 1. The van der Waals surface area contributed by atoms with E-state index >= 15 is 0 Å². The molecule has 0 fully saturated rings. The number of aryl methyl sites for hydroxylation is 3. The van der Waals surface area contributed by atoms with E-state index in [0.717, 1.165) is 17.1 Å². The van der Waals surface area contributed by atoms with Gasteiger partial charge in [0.2, 0.25) is 0 Å². The molecule has 0 saturated heterocycles. The summed E-state index contributed by atoms with van der Waals surface area (Å²) in [5.41, 5.74) is 10.9. The van der Waals surface area contributed by atoms with Crippen molar-refractivity contribution in [3.05, 3.63) is 69.9 Å². The number of rotatable bonds is 6. The number of nitrogens with one attached hydrogen (secondary N) is 1. The summed E-state index contributed by atoms with van der Waals surface area (Å²) in [5.74, 6) is 0.947. The van der Waals surface area contributed by atoms with Crippen molar-refractivity contribution in [2.24, 2.45) is 4.99 Å². The first-order chi connectivity index (χ1) is 13.1. The molecular formula is C26H36N2. The molecule has 0 aliphatic heterocycles. The molecule has 2 aromatic rings. The van der Waals surface area contributed by atoms with Crippen LogP contribution < -0.4 is 5.32 Å². The van der Waals surface area contributed by atoms with Crippen molar-refractivity contribution in [2.75, 3.05) is 5.32 Å². The van der Waals surface area contributed by atoms with Gasteiger partial charge in [-0.05, 0) is 74.8 Å². The van der Waals surface area contributed by atoms with Gasteiger partial charge in [-0.15, -0.1) is 0 Å². The first-order valence-corrected chi connectivity index (χ1v) is 10.3. The summed E-state index contributed by atoms with van der Waals surface area (Å²) in [5, 5.41) is 3.68. The lowest BCUT2D eigenvalue weighted by molar-refractivity contribution is 0.837. The smallest absolute Gasteiger partial charge is 0.0691 e. The van der Waals surface area contributed by atoms with Gasteiger partial charge < -0.3 is 5.32 Å². The molecule has 0 amide bonds. The van der Waals surface area contributed by atoms with Crippen LogP contribution in [-0.4, -0.2) is 5.71 Å². The lowest BCUT2D eigenvalue weighted by Gasteiger charge is -2.21. The molecule has 0 aromatic heterocycles. The molecule has 0 bridgehead atoms. The molecule has 28 heavy (non-hydrogen) atoms. The number of hydrogen-bond donors (Lipinski definition) is 1. The zero-order valence-electron chi connectivity index (χ0n) is 19.1. The zero-order chi connectivity index (χ0) is 21.0. The second-order valence-electron chi connectivity index (χ2n) is 8.57. The van der Waals surface area contributed by atoms with Crippen LogP contribution in [0.4, 0.5) is 11.4 Å². The highest BCUT2D eigenvalue weighted by Gasteiger charge is 2.13. The molecule has 2 rings (SSSR count). The van der Waals surface area contributed by atoms with Gasteiger partial charge in [0.1, 0.15) is 0 Å². The van der Waals surface area contributed by atoms with Gasteiger partial charge in [-0.25, -0.2) is 0 Å². The van der Waals surface area contributed by atoms with Crippen LogP contribution in [0, 0.1) is 20.8 Å². The fourth-order valence-corrected chi connectivity index (χ4v) is 3.80. The van der Waals surface area contributed by atoms with E-state index < -0.39 is 0 Å². The van der Waals surface area contributed by atoms with Crippen LogP contribution in [0.2, 0.25) is 0 Å². The van der Waals surface area contributed by atoms with E-state index in [1.165, 1.54) is 33.5 Å². The van der Waals surface area contributed by atoms with Crippen molar-refractivity contribution in [1.82, 2.24) is 0 Å². The predicted molar refractivity (Wildman–Crippen MR) is 125 cm³/mol. The van der Waals surface area contributed by atoms with Gasteiger partial charge in [-0.3, -0.25) is 4.99 Å². The van der Waals surface area contributed by atoms with Crippen molar-refractivity contribution < 1.29 is 0 Å². The third-order valence-electron chi connectivity index (χ3n) is 5.04. The molecule has 0 atom stereocenters. The number of allylic oxidation sites excluding steroid dienone is 2. The fourth-order valence-electron chi connectivity index (χ4n) is 3.80. The Kier molecular flexibility index (Phi) is 7.23. The van der Waals surface area contributed by atoms with E-state index in [-0.39, 0.29) is 0 Å². The van der Waals surface area contributed by atoms with Gasteiger partial charge in [-0.1, -0.05) is 63.6 Å². The normalized spacial score (nSPS) is 12.8. The highest BCUT2D eigenvalue weighted by Crippen LogP contribution is 2.33. The highest BCUT2D eigenvalue weighted by molar-refractivity contribution is 5.96. The molecule has 2 aromatic carbocycles. The van der Waals surface area contributed by atoms with Crippen molar-refractivity contribution in [2.45, 2.75) is 74.1 Å². The van der Waals surface area contributed by atoms with Gasteiger partial charge in [0.05, 0.1) is 5.69 Å². The van der Waals surface area contributed by atoms with Gasteiger partial charge in [0.15, 0.2) is 0 Å². The summed E-state index contributed by atoms with van der Waals surface area (Å²) < 4.78 is 0. The number of hydrogen-bond acceptors (Lipinski definition) is 2. The average Bonchev–Trinajstić information content (AvgIpc) is 2.57. The van der Waals surface area contributed by atoms with Crippen LogP contribution in [0.5, 0.6) is 0 Å². The molecule has 0 aliphatic carbocycles. The maximum Gasteiger partial charge on any atom is 0.0691 e. The molecule has 0 unspecified atom stereocenters. The summed E-state index contributed by atoms with van der Waals surface area (Å²) in [6, 6.07) is 11.0. The minimum Gasteiger partial charge on any atom is -0.359 e.